The monoisotopic (exact) mass is 483 g/mol. The smallest absolute Gasteiger partial charge is 0.352 e. The number of amides is 1. The van der Waals surface area contributed by atoms with Crippen LogP contribution < -0.4 is 11.1 Å². The van der Waals surface area contributed by atoms with Crippen molar-refractivity contribution >= 4 is 17.8 Å². The molecule has 6 atom stereocenters. The van der Waals surface area contributed by atoms with Crippen molar-refractivity contribution in [3.63, 3.8) is 0 Å². The second-order valence-electron chi connectivity index (χ2n) is 9.42. The van der Waals surface area contributed by atoms with E-state index in [9.17, 15) is 14.4 Å². The van der Waals surface area contributed by atoms with Gasteiger partial charge >= 0.3 is 11.9 Å². The molecule has 0 aliphatic carbocycles. The molecule has 0 spiro atoms. The number of nitrogens with one attached hydrogen (secondary N) is 2. The number of rotatable bonds is 9. The number of hydrogen-bond acceptors (Lipinski definition) is 8. The van der Waals surface area contributed by atoms with E-state index in [2.05, 4.69) is 27.2 Å². The normalized spacial score (nSPS) is 24.3. The molecule has 2 aliphatic heterocycles. The van der Waals surface area contributed by atoms with Gasteiger partial charge in [0.2, 0.25) is 12.0 Å². The fraction of sp³-hybridized carbons (Fsp3) is 0.520. The lowest BCUT2D eigenvalue weighted by Crippen LogP contribution is -2.49. The minimum Gasteiger partial charge on any atom is -0.459 e. The Morgan fingerprint density at radius 2 is 1.86 bits per heavy atom. The van der Waals surface area contributed by atoms with Gasteiger partial charge in [-0.15, -0.1) is 0 Å². The maximum absolute atomic E-state index is 13.3. The first-order valence-electron chi connectivity index (χ1n) is 12.0. The van der Waals surface area contributed by atoms with Gasteiger partial charge in [-0.25, -0.2) is 14.6 Å². The highest BCUT2D eigenvalue weighted by Gasteiger charge is 2.41. The molecule has 35 heavy (non-hydrogen) atoms. The Morgan fingerprint density at radius 3 is 2.46 bits per heavy atom. The van der Waals surface area contributed by atoms with Crippen LogP contribution in [0.4, 0.5) is 0 Å². The highest BCUT2D eigenvalue weighted by Crippen LogP contribution is 2.36. The standard InChI is InChI=1S/C25H33N5O5/c1-15(26)23(31)29-21(10-17-13-27-14-28-17)24(32)35-22(16-6-4-3-5-7-16)25(33)34-20-11-18-8-9-19(12-20)30(18)2/h3-7,13-15,18-22H,8-12,26H2,1-2H3,(H,27,28)(H,29,31)/t15?,18-,19+,20+,21?,22?. The predicted octanol–water partition coefficient (Wildman–Crippen LogP) is 1.24. The molecule has 2 aliphatic rings. The highest BCUT2D eigenvalue weighted by molar-refractivity contribution is 5.88. The van der Waals surface area contributed by atoms with Crippen LogP contribution in [0.5, 0.6) is 0 Å². The third kappa shape index (κ3) is 6.07. The molecule has 2 fully saturated rings. The zero-order chi connectivity index (χ0) is 24.9. The van der Waals surface area contributed by atoms with Crippen molar-refractivity contribution in [2.24, 2.45) is 5.73 Å². The zero-order valence-corrected chi connectivity index (χ0v) is 20.1. The minimum atomic E-state index is -1.25. The van der Waals surface area contributed by atoms with Crippen LogP contribution in [0.2, 0.25) is 0 Å². The lowest BCUT2D eigenvalue weighted by Gasteiger charge is -2.36. The van der Waals surface area contributed by atoms with Crippen LogP contribution in [0.3, 0.4) is 0 Å². The van der Waals surface area contributed by atoms with Crippen LogP contribution in [0.1, 0.15) is 50.0 Å². The van der Waals surface area contributed by atoms with Crippen molar-refractivity contribution in [3.8, 4) is 0 Å². The van der Waals surface area contributed by atoms with E-state index in [-0.39, 0.29) is 12.5 Å². The summed E-state index contributed by atoms with van der Waals surface area (Å²) >= 11 is 0. The number of piperidine rings is 1. The van der Waals surface area contributed by atoms with Gasteiger partial charge < -0.3 is 30.4 Å². The fourth-order valence-electron chi connectivity index (χ4n) is 4.87. The second kappa shape index (κ2) is 11.0. The van der Waals surface area contributed by atoms with Crippen LogP contribution in [-0.2, 0) is 30.3 Å². The predicted molar refractivity (Wildman–Crippen MR) is 127 cm³/mol. The van der Waals surface area contributed by atoms with Gasteiger partial charge in [-0.05, 0) is 39.7 Å². The lowest BCUT2D eigenvalue weighted by molar-refractivity contribution is -0.175. The van der Waals surface area contributed by atoms with Crippen LogP contribution in [0.15, 0.2) is 42.9 Å². The molecule has 2 saturated heterocycles. The number of benzene rings is 1. The number of ether oxygens (including phenoxy) is 2. The largest absolute Gasteiger partial charge is 0.459 e. The summed E-state index contributed by atoms with van der Waals surface area (Å²) in [5.74, 6) is -1.89. The topological polar surface area (TPSA) is 140 Å². The molecular formula is C25H33N5O5. The number of fused-ring (bicyclic) bond motifs is 2. The van der Waals surface area contributed by atoms with E-state index in [1.807, 2.05) is 6.07 Å². The van der Waals surface area contributed by atoms with Gasteiger partial charge in [0.15, 0.2) is 0 Å². The number of carbonyl (C=O) groups excluding carboxylic acids is 3. The molecule has 10 heteroatoms. The van der Waals surface area contributed by atoms with Crippen molar-refractivity contribution in [1.29, 1.82) is 0 Å². The number of esters is 2. The zero-order valence-electron chi connectivity index (χ0n) is 20.1. The number of aromatic amines is 1. The van der Waals surface area contributed by atoms with E-state index in [0.717, 1.165) is 25.7 Å². The average molecular weight is 484 g/mol. The molecule has 3 heterocycles. The molecule has 1 aromatic carbocycles. The van der Waals surface area contributed by atoms with E-state index in [1.165, 1.54) is 13.3 Å². The van der Waals surface area contributed by atoms with Crippen molar-refractivity contribution < 1.29 is 23.9 Å². The summed E-state index contributed by atoms with van der Waals surface area (Å²) in [5, 5.41) is 2.61. The minimum absolute atomic E-state index is 0.0790. The third-order valence-electron chi connectivity index (χ3n) is 6.87. The van der Waals surface area contributed by atoms with Gasteiger partial charge in [-0.2, -0.15) is 0 Å². The van der Waals surface area contributed by atoms with Gasteiger partial charge in [-0.3, -0.25) is 4.79 Å². The number of H-pyrrole nitrogens is 1. The van der Waals surface area contributed by atoms with Crippen LogP contribution in [0, 0.1) is 0 Å². The molecule has 1 amide bonds. The van der Waals surface area contributed by atoms with E-state index >= 15 is 0 Å². The Balaban J connectivity index is 1.50. The van der Waals surface area contributed by atoms with Crippen molar-refractivity contribution in [2.75, 3.05) is 7.05 Å². The summed E-state index contributed by atoms with van der Waals surface area (Å²) in [6.45, 7) is 1.52. The number of imidazole rings is 1. The average Bonchev–Trinajstić information content (AvgIpc) is 3.41. The highest BCUT2D eigenvalue weighted by atomic mass is 16.6. The summed E-state index contributed by atoms with van der Waals surface area (Å²) in [6.07, 6.45) is 5.42. The SMILES string of the molecule is CC(N)C(=O)NC(Cc1c[nH]cn1)C(=O)OC(C(=O)O[C@H]1C[C@H]2CC[C@@H](C1)N2C)c1ccccc1. The van der Waals surface area contributed by atoms with E-state index in [4.69, 9.17) is 15.2 Å². The number of nitrogens with zero attached hydrogens (tertiary/aromatic N) is 2. The lowest BCUT2D eigenvalue weighted by atomic mass is 10.0. The summed E-state index contributed by atoms with van der Waals surface area (Å²) < 4.78 is 11.6. The molecule has 2 bridgehead atoms. The molecule has 1 aromatic heterocycles. The van der Waals surface area contributed by atoms with E-state index in [1.54, 1.807) is 30.5 Å². The number of nitrogens with two attached hydrogens (primary N) is 1. The first-order chi connectivity index (χ1) is 16.8. The molecule has 0 saturated carbocycles. The molecule has 10 nitrogen and oxygen atoms in total. The third-order valence-corrected chi connectivity index (χ3v) is 6.87. The van der Waals surface area contributed by atoms with Crippen molar-refractivity contribution in [2.45, 2.75) is 75.4 Å². The van der Waals surface area contributed by atoms with Gasteiger partial charge in [0.1, 0.15) is 12.1 Å². The number of carbonyl (C=O) groups is 3. The Hall–Kier alpha value is -3.24. The van der Waals surface area contributed by atoms with Crippen molar-refractivity contribution in [1.82, 2.24) is 20.2 Å². The van der Waals surface area contributed by atoms with Crippen LogP contribution in [0.25, 0.3) is 0 Å². The van der Waals surface area contributed by atoms with Crippen LogP contribution >= 0.6 is 0 Å². The van der Waals surface area contributed by atoms with Gasteiger partial charge in [0.05, 0.1) is 18.1 Å². The Kier molecular flexibility index (Phi) is 7.82. The molecule has 0 radical (unpaired) electrons. The summed E-state index contributed by atoms with van der Waals surface area (Å²) in [6, 6.07) is 7.66. The fourth-order valence-corrected chi connectivity index (χ4v) is 4.87. The van der Waals surface area contributed by atoms with Crippen LogP contribution in [-0.4, -0.2) is 70.0 Å². The summed E-state index contributed by atoms with van der Waals surface area (Å²) in [5.41, 5.74) is 6.73. The maximum Gasteiger partial charge on any atom is 0.352 e. The first-order valence-corrected chi connectivity index (χ1v) is 12.0. The molecule has 4 N–H and O–H groups in total. The Bertz CT molecular complexity index is 999. The second-order valence-corrected chi connectivity index (χ2v) is 9.42. The van der Waals surface area contributed by atoms with Gasteiger partial charge in [-0.1, -0.05) is 30.3 Å². The Morgan fingerprint density at radius 1 is 1.17 bits per heavy atom. The summed E-state index contributed by atoms with van der Waals surface area (Å²) in [7, 11) is 2.12. The Labute approximate surface area is 204 Å². The quantitative estimate of drug-likeness (QED) is 0.453. The van der Waals surface area contributed by atoms with E-state index < -0.39 is 36.0 Å². The molecule has 188 valence electrons. The molecule has 3 unspecified atom stereocenters. The van der Waals surface area contributed by atoms with Gasteiger partial charge in [0.25, 0.3) is 0 Å². The maximum atomic E-state index is 13.3. The van der Waals surface area contributed by atoms with Gasteiger partial charge in [0, 0.05) is 30.3 Å². The molecular weight excluding hydrogens is 450 g/mol. The van der Waals surface area contributed by atoms with E-state index in [0.29, 0.717) is 23.3 Å². The first kappa shape index (κ1) is 24.9. The molecule has 4 rings (SSSR count). The van der Waals surface area contributed by atoms with Crippen molar-refractivity contribution in [3.05, 3.63) is 54.1 Å². The molecule has 2 aromatic rings. The number of hydrogen-bond donors (Lipinski definition) is 3. The summed E-state index contributed by atoms with van der Waals surface area (Å²) in [4.78, 5) is 48.1. The number of aromatic nitrogens is 2.